The van der Waals surface area contributed by atoms with Crippen LogP contribution in [0.5, 0.6) is 5.75 Å². The first-order valence-corrected chi connectivity index (χ1v) is 6.98. The molecule has 1 fully saturated rings. The second-order valence-corrected chi connectivity index (χ2v) is 4.94. The molecule has 22 heavy (non-hydrogen) atoms. The average molecular weight is 299 g/mol. The van der Waals surface area contributed by atoms with Crippen molar-refractivity contribution in [2.75, 3.05) is 18.0 Å². The number of hydrogen-bond acceptors (Lipinski definition) is 6. The van der Waals surface area contributed by atoms with Crippen molar-refractivity contribution in [2.24, 2.45) is 0 Å². The highest BCUT2D eigenvalue weighted by atomic mass is 19.1. The lowest BCUT2D eigenvalue weighted by Gasteiger charge is -2.39. The fourth-order valence-electron chi connectivity index (χ4n) is 2.29. The lowest BCUT2D eigenvalue weighted by molar-refractivity contribution is 0.166. The van der Waals surface area contributed by atoms with E-state index in [2.05, 4.69) is 15.0 Å². The van der Waals surface area contributed by atoms with E-state index in [1.807, 2.05) is 17.9 Å². The van der Waals surface area contributed by atoms with Crippen molar-refractivity contribution in [2.45, 2.75) is 19.4 Å². The molecule has 0 bridgehead atoms. The molecule has 0 aliphatic carbocycles. The minimum absolute atomic E-state index is 0.0617. The number of nitrogens with zero attached hydrogens (tertiary/aromatic N) is 5. The van der Waals surface area contributed by atoms with Crippen LogP contribution in [-0.4, -0.2) is 34.1 Å². The summed E-state index contributed by atoms with van der Waals surface area (Å²) >= 11 is 0. The molecule has 6 nitrogen and oxygen atoms in total. The van der Waals surface area contributed by atoms with Crippen LogP contribution in [0.15, 0.2) is 24.7 Å². The molecule has 1 aliphatic heterocycles. The molecule has 0 atom stereocenters. The SMILES string of the molecule is CCc1ncnc(N2CC(Oc3ccnc(C#N)c3)C2)c1F. The van der Waals surface area contributed by atoms with Gasteiger partial charge in [0.1, 0.15) is 29.9 Å². The second-order valence-electron chi connectivity index (χ2n) is 4.94. The van der Waals surface area contributed by atoms with Crippen LogP contribution >= 0.6 is 0 Å². The summed E-state index contributed by atoms with van der Waals surface area (Å²) in [5.74, 6) is 0.548. The summed E-state index contributed by atoms with van der Waals surface area (Å²) in [6.07, 6.45) is 3.38. The van der Waals surface area contributed by atoms with Crippen LogP contribution < -0.4 is 9.64 Å². The molecular weight excluding hydrogens is 285 g/mol. The molecule has 112 valence electrons. The van der Waals surface area contributed by atoms with Gasteiger partial charge in [-0.05, 0) is 12.5 Å². The third kappa shape index (κ3) is 2.68. The summed E-state index contributed by atoms with van der Waals surface area (Å²) in [6, 6.07) is 5.25. The third-order valence-corrected chi connectivity index (χ3v) is 3.47. The topological polar surface area (TPSA) is 74.9 Å². The van der Waals surface area contributed by atoms with Crippen LogP contribution in [0.3, 0.4) is 0 Å². The number of ether oxygens (including phenoxy) is 1. The number of aromatic nitrogens is 3. The maximum atomic E-state index is 14.1. The summed E-state index contributed by atoms with van der Waals surface area (Å²) < 4.78 is 19.9. The van der Waals surface area contributed by atoms with Crippen LogP contribution in [0.25, 0.3) is 0 Å². The molecule has 2 aromatic heterocycles. The predicted octanol–water partition coefficient (Wildman–Crippen LogP) is 1.71. The van der Waals surface area contributed by atoms with Crippen molar-refractivity contribution in [3.63, 3.8) is 0 Å². The lowest BCUT2D eigenvalue weighted by Crippen LogP contribution is -2.54. The number of rotatable bonds is 4. The number of hydrogen-bond donors (Lipinski definition) is 0. The van der Waals surface area contributed by atoms with Gasteiger partial charge >= 0.3 is 0 Å². The van der Waals surface area contributed by atoms with E-state index >= 15 is 0 Å². The van der Waals surface area contributed by atoms with Crippen molar-refractivity contribution < 1.29 is 9.13 Å². The van der Waals surface area contributed by atoms with Crippen molar-refractivity contribution in [1.82, 2.24) is 15.0 Å². The second kappa shape index (κ2) is 5.93. The molecule has 7 heteroatoms. The molecule has 1 saturated heterocycles. The largest absolute Gasteiger partial charge is 0.487 e. The summed E-state index contributed by atoms with van der Waals surface area (Å²) in [4.78, 5) is 13.6. The quantitative estimate of drug-likeness (QED) is 0.855. The minimum Gasteiger partial charge on any atom is -0.487 e. The molecular formula is C15H14FN5O. The summed E-state index contributed by atoms with van der Waals surface area (Å²) in [6.45, 7) is 2.94. The minimum atomic E-state index is -0.362. The molecule has 0 saturated carbocycles. The van der Waals surface area contributed by atoms with E-state index in [0.29, 0.717) is 42.5 Å². The van der Waals surface area contributed by atoms with Gasteiger partial charge in [0.15, 0.2) is 11.6 Å². The molecule has 1 aliphatic rings. The van der Waals surface area contributed by atoms with E-state index in [1.54, 1.807) is 12.1 Å². The monoisotopic (exact) mass is 299 g/mol. The van der Waals surface area contributed by atoms with Gasteiger partial charge in [-0.25, -0.2) is 19.3 Å². The highest BCUT2D eigenvalue weighted by molar-refractivity contribution is 5.44. The maximum Gasteiger partial charge on any atom is 0.187 e. The molecule has 0 amide bonds. The van der Waals surface area contributed by atoms with Crippen LogP contribution in [0.1, 0.15) is 18.3 Å². The number of aryl methyl sites for hydroxylation is 1. The Morgan fingerprint density at radius 2 is 2.23 bits per heavy atom. The van der Waals surface area contributed by atoms with Gasteiger partial charge in [-0.15, -0.1) is 0 Å². The first-order chi connectivity index (χ1) is 10.7. The number of pyridine rings is 1. The van der Waals surface area contributed by atoms with Gasteiger partial charge in [-0.2, -0.15) is 5.26 Å². The van der Waals surface area contributed by atoms with Gasteiger partial charge in [0, 0.05) is 12.3 Å². The molecule has 0 radical (unpaired) electrons. The third-order valence-electron chi connectivity index (χ3n) is 3.47. The Bertz CT molecular complexity index is 724. The van der Waals surface area contributed by atoms with Gasteiger partial charge in [0.05, 0.1) is 18.8 Å². The molecule has 0 N–H and O–H groups in total. The Kier molecular flexibility index (Phi) is 3.83. The Labute approximate surface area is 127 Å². The summed E-state index contributed by atoms with van der Waals surface area (Å²) in [7, 11) is 0. The number of halogens is 1. The normalized spacial score (nSPS) is 14.3. The van der Waals surface area contributed by atoms with E-state index in [4.69, 9.17) is 10.00 Å². The highest BCUT2D eigenvalue weighted by Crippen LogP contribution is 2.25. The molecule has 3 heterocycles. The number of nitriles is 1. The fraction of sp³-hybridized carbons (Fsp3) is 0.333. The van der Waals surface area contributed by atoms with E-state index < -0.39 is 0 Å². The zero-order chi connectivity index (χ0) is 15.5. The van der Waals surface area contributed by atoms with Gasteiger partial charge in [-0.3, -0.25) is 0 Å². The highest BCUT2D eigenvalue weighted by Gasteiger charge is 2.32. The van der Waals surface area contributed by atoms with Crippen molar-refractivity contribution >= 4 is 5.82 Å². The first-order valence-electron chi connectivity index (χ1n) is 6.98. The Morgan fingerprint density at radius 1 is 1.41 bits per heavy atom. The smallest absolute Gasteiger partial charge is 0.187 e. The Hall–Kier alpha value is -2.75. The van der Waals surface area contributed by atoms with E-state index in [-0.39, 0.29) is 11.9 Å². The zero-order valence-corrected chi connectivity index (χ0v) is 12.0. The summed E-state index contributed by atoms with van der Waals surface area (Å²) in [5.41, 5.74) is 0.727. The summed E-state index contributed by atoms with van der Waals surface area (Å²) in [5, 5.41) is 8.81. The van der Waals surface area contributed by atoms with E-state index in [9.17, 15) is 4.39 Å². The zero-order valence-electron chi connectivity index (χ0n) is 12.0. The van der Waals surface area contributed by atoms with Gasteiger partial charge in [0.25, 0.3) is 0 Å². The Balaban J connectivity index is 1.64. The fourth-order valence-corrected chi connectivity index (χ4v) is 2.29. The average Bonchev–Trinajstić information content (AvgIpc) is 2.51. The van der Waals surface area contributed by atoms with Crippen LogP contribution in [0.2, 0.25) is 0 Å². The molecule has 0 aromatic carbocycles. The molecule has 3 rings (SSSR count). The van der Waals surface area contributed by atoms with Gasteiger partial charge in [0.2, 0.25) is 0 Å². The Morgan fingerprint density at radius 3 is 2.95 bits per heavy atom. The van der Waals surface area contributed by atoms with Crippen LogP contribution in [-0.2, 0) is 6.42 Å². The first kappa shape index (κ1) is 14.2. The molecule has 0 unspecified atom stereocenters. The standard InChI is InChI=1S/C15H14FN5O/c1-2-13-14(16)15(20-9-19-13)21-7-12(8-21)22-11-3-4-18-10(5-11)6-17/h3-5,9,12H,2,7-8H2,1H3. The van der Waals surface area contributed by atoms with Crippen molar-refractivity contribution in [3.05, 3.63) is 41.9 Å². The van der Waals surface area contributed by atoms with E-state index in [0.717, 1.165) is 0 Å². The maximum absolute atomic E-state index is 14.1. The number of anilines is 1. The molecule has 2 aromatic rings. The lowest BCUT2D eigenvalue weighted by atomic mass is 10.1. The van der Waals surface area contributed by atoms with Gasteiger partial charge < -0.3 is 9.64 Å². The van der Waals surface area contributed by atoms with E-state index in [1.165, 1.54) is 12.5 Å². The van der Waals surface area contributed by atoms with Crippen LogP contribution in [0.4, 0.5) is 10.2 Å². The van der Waals surface area contributed by atoms with Crippen molar-refractivity contribution in [1.29, 1.82) is 5.26 Å². The van der Waals surface area contributed by atoms with Gasteiger partial charge in [-0.1, -0.05) is 6.92 Å². The van der Waals surface area contributed by atoms with Crippen LogP contribution in [0, 0.1) is 17.1 Å². The van der Waals surface area contributed by atoms with Crippen molar-refractivity contribution in [3.8, 4) is 11.8 Å². The molecule has 0 spiro atoms. The predicted molar refractivity (Wildman–Crippen MR) is 76.9 cm³/mol.